The first-order chi connectivity index (χ1) is 14.9. The molecule has 5 heteroatoms. The highest BCUT2D eigenvalue weighted by molar-refractivity contribution is 5.87. The zero-order chi connectivity index (χ0) is 22.0. The van der Waals surface area contributed by atoms with Crippen LogP contribution in [-0.4, -0.2) is 39.3 Å². The molecule has 31 heavy (non-hydrogen) atoms. The van der Waals surface area contributed by atoms with Crippen molar-refractivity contribution in [2.75, 3.05) is 0 Å². The minimum Gasteiger partial charge on any atom is -0.478 e. The molecule has 3 aliphatic carbocycles. The zero-order valence-corrected chi connectivity index (χ0v) is 18.1. The van der Waals surface area contributed by atoms with E-state index in [-0.39, 0.29) is 41.1 Å². The molecule has 0 heterocycles. The number of aryl methyl sites for hydroxylation is 1. The van der Waals surface area contributed by atoms with Crippen LogP contribution in [0.25, 0.3) is 0 Å². The van der Waals surface area contributed by atoms with Crippen molar-refractivity contribution in [2.24, 2.45) is 23.2 Å². The summed E-state index contributed by atoms with van der Waals surface area (Å²) in [5.74, 6) is -0.490. The average Bonchev–Trinajstić information content (AvgIpc) is 3.49. The van der Waals surface area contributed by atoms with Gasteiger partial charge in [-0.2, -0.15) is 0 Å². The fourth-order valence-electron chi connectivity index (χ4n) is 5.54. The van der Waals surface area contributed by atoms with Gasteiger partial charge in [0.2, 0.25) is 0 Å². The van der Waals surface area contributed by atoms with Crippen LogP contribution in [0.4, 0.5) is 0 Å². The molecule has 1 aromatic rings. The standard InChI is InChI=1S/C26H34O5/c27-22-15-23(28)21(12-9-17-7-10-19(11-8-17)25(30)31)20(22)3-1-4-24(29)26(13-2-14-26)16-18-5-6-18/h1,3,7-8,10-11,18,20-22,24,27,29H,2,4-6,9,12-16H2,(H,30,31)/b3-1+/t20-,21-,22-,24?/m1/s1. The van der Waals surface area contributed by atoms with Crippen LogP contribution in [0.3, 0.4) is 0 Å². The van der Waals surface area contributed by atoms with E-state index in [1.807, 2.05) is 12.2 Å². The molecule has 3 aliphatic rings. The van der Waals surface area contributed by atoms with Gasteiger partial charge in [-0.25, -0.2) is 4.79 Å². The Morgan fingerprint density at radius 1 is 1.19 bits per heavy atom. The predicted molar refractivity (Wildman–Crippen MR) is 118 cm³/mol. The van der Waals surface area contributed by atoms with Crippen molar-refractivity contribution in [3.8, 4) is 0 Å². The maximum absolute atomic E-state index is 12.5. The first kappa shape index (κ1) is 22.2. The molecule has 0 saturated heterocycles. The Bertz CT molecular complexity index is 819. The van der Waals surface area contributed by atoms with Gasteiger partial charge in [0, 0.05) is 18.3 Å². The lowest BCUT2D eigenvalue weighted by Crippen LogP contribution is -2.41. The fraction of sp³-hybridized carbons (Fsp3) is 0.615. The first-order valence-electron chi connectivity index (χ1n) is 11.8. The summed E-state index contributed by atoms with van der Waals surface area (Å²) in [5, 5.41) is 30.3. The number of rotatable bonds is 10. The van der Waals surface area contributed by atoms with Gasteiger partial charge in [0.25, 0.3) is 0 Å². The van der Waals surface area contributed by atoms with Gasteiger partial charge in [-0.05, 0) is 67.6 Å². The van der Waals surface area contributed by atoms with Crippen molar-refractivity contribution in [2.45, 2.75) is 76.4 Å². The molecule has 3 saturated carbocycles. The third kappa shape index (κ3) is 5.09. The minimum atomic E-state index is -0.950. The number of hydrogen-bond acceptors (Lipinski definition) is 4. The number of hydrogen-bond donors (Lipinski definition) is 3. The van der Waals surface area contributed by atoms with Gasteiger partial charge < -0.3 is 15.3 Å². The molecule has 4 atom stereocenters. The first-order valence-corrected chi connectivity index (χ1v) is 11.8. The maximum Gasteiger partial charge on any atom is 0.335 e. The summed E-state index contributed by atoms with van der Waals surface area (Å²) in [6.07, 6.45) is 12.2. The summed E-state index contributed by atoms with van der Waals surface area (Å²) < 4.78 is 0. The average molecular weight is 427 g/mol. The molecule has 1 unspecified atom stereocenters. The SMILES string of the molecule is O=C(O)c1ccc(CC[C@H]2C(=O)C[C@@H](O)[C@@H]2/C=C/CC(O)C2(CC3CC3)CCC2)cc1. The summed E-state index contributed by atoms with van der Waals surface area (Å²) in [6, 6.07) is 6.75. The maximum atomic E-state index is 12.5. The molecule has 0 bridgehead atoms. The second-order valence-electron chi connectivity index (χ2n) is 10.0. The van der Waals surface area contributed by atoms with Crippen molar-refractivity contribution in [3.63, 3.8) is 0 Å². The van der Waals surface area contributed by atoms with Gasteiger partial charge in [-0.1, -0.05) is 43.5 Å². The third-order valence-electron chi connectivity index (χ3n) is 7.84. The van der Waals surface area contributed by atoms with Gasteiger partial charge in [0.05, 0.1) is 17.8 Å². The topological polar surface area (TPSA) is 94.8 Å². The lowest BCUT2D eigenvalue weighted by Gasteiger charge is -2.46. The van der Waals surface area contributed by atoms with Crippen molar-refractivity contribution in [1.29, 1.82) is 0 Å². The van der Waals surface area contributed by atoms with E-state index in [2.05, 4.69) is 0 Å². The number of carbonyl (C=O) groups excluding carboxylic acids is 1. The second kappa shape index (κ2) is 9.25. The van der Waals surface area contributed by atoms with E-state index in [9.17, 15) is 19.8 Å². The van der Waals surface area contributed by atoms with Gasteiger partial charge in [0.1, 0.15) is 5.78 Å². The molecule has 0 aliphatic heterocycles. The Labute approximate surface area is 184 Å². The van der Waals surface area contributed by atoms with Crippen LogP contribution >= 0.6 is 0 Å². The normalized spacial score (nSPS) is 28.6. The number of ketones is 1. The third-order valence-corrected chi connectivity index (χ3v) is 7.84. The fourth-order valence-corrected chi connectivity index (χ4v) is 5.54. The van der Waals surface area contributed by atoms with Gasteiger partial charge in [0.15, 0.2) is 0 Å². The van der Waals surface area contributed by atoms with Crippen LogP contribution in [-0.2, 0) is 11.2 Å². The summed E-state index contributed by atoms with van der Waals surface area (Å²) in [7, 11) is 0. The zero-order valence-electron chi connectivity index (χ0n) is 18.1. The minimum absolute atomic E-state index is 0.0917. The quantitative estimate of drug-likeness (QED) is 0.488. The predicted octanol–water partition coefficient (Wildman–Crippen LogP) is 4.16. The molecule has 1 aromatic carbocycles. The highest BCUT2D eigenvalue weighted by Crippen LogP contribution is 2.53. The van der Waals surface area contributed by atoms with Gasteiger partial charge in [-0.15, -0.1) is 0 Å². The number of carboxylic acids is 1. The molecule has 0 amide bonds. The number of aliphatic hydroxyl groups is 2. The molecule has 168 valence electrons. The molecule has 0 spiro atoms. The largest absolute Gasteiger partial charge is 0.478 e. The molecule has 3 N–H and O–H groups in total. The number of carboxylic acid groups (broad SMARTS) is 1. The van der Waals surface area contributed by atoms with Crippen molar-refractivity contribution in [3.05, 3.63) is 47.5 Å². The Kier molecular flexibility index (Phi) is 6.63. The number of aliphatic hydroxyl groups excluding tert-OH is 2. The smallest absolute Gasteiger partial charge is 0.335 e. The Morgan fingerprint density at radius 3 is 2.48 bits per heavy atom. The van der Waals surface area contributed by atoms with E-state index in [1.165, 1.54) is 19.3 Å². The van der Waals surface area contributed by atoms with E-state index in [1.54, 1.807) is 24.3 Å². The highest BCUT2D eigenvalue weighted by atomic mass is 16.4. The van der Waals surface area contributed by atoms with Crippen LogP contribution in [0.2, 0.25) is 0 Å². The second-order valence-corrected chi connectivity index (χ2v) is 10.0. The number of benzene rings is 1. The summed E-state index contributed by atoms with van der Waals surface area (Å²) >= 11 is 0. The Hall–Kier alpha value is -1.98. The molecular weight excluding hydrogens is 392 g/mol. The highest BCUT2D eigenvalue weighted by Gasteiger charge is 2.46. The van der Waals surface area contributed by atoms with E-state index in [0.29, 0.717) is 19.3 Å². The van der Waals surface area contributed by atoms with E-state index in [4.69, 9.17) is 5.11 Å². The summed E-state index contributed by atoms with van der Waals surface area (Å²) in [5.41, 5.74) is 1.34. The lowest BCUT2D eigenvalue weighted by molar-refractivity contribution is -0.121. The molecule has 0 radical (unpaired) electrons. The molecule has 3 fully saturated rings. The number of carbonyl (C=O) groups is 2. The van der Waals surface area contributed by atoms with Gasteiger partial charge in [-0.3, -0.25) is 4.79 Å². The molecule has 4 rings (SSSR count). The number of aromatic carboxylic acids is 1. The van der Waals surface area contributed by atoms with Crippen LogP contribution in [0.5, 0.6) is 0 Å². The van der Waals surface area contributed by atoms with Crippen LogP contribution in [0.15, 0.2) is 36.4 Å². The van der Waals surface area contributed by atoms with Gasteiger partial charge >= 0.3 is 5.97 Å². The lowest BCUT2D eigenvalue weighted by atomic mass is 9.61. The molecular formula is C26H34O5. The molecule has 5 nitrogen and oxygen atoms in total. The van der Waals surface area contributed by atoms with Crippen LogP contribution in [0.1, 0.15) is 73.7 Å². The van der Waals surface area contributed by atoms with Crippen molar-refractivity contribution in [1.82, 2.24) is 0 Å². The Balaban J connectivity index is 1.33. The number of Topliss-reactive ketones (excluding diaryl/α,β-unsaturated/α-hetero) is 1. The van der Waals surface area contributed by atoms with Crippen molar-refractivity contribution < 1.29 is 24.9 Å². The van der Waals surface area contributed by atoms with E-state index < -0.39 is 12.1 Å². The van der Waals surface area contributed by atoms with E-state index >= 15 is 0 Å². The monoisotopic (exact) mass is 426 g/mol. The summed E-state index contributed by atoms with van der Waals surface area (Å²) in [6.45, 7) is 0. The van der Waals surface area contributed by atoms with Crippen LogP contribution < -0.4 is 0 Å². The Morgan fingerprint density at radius 2 is 1.90 bits per heavy atom. The van der Waals surface area contributed by atoms with Crippen LogP contribution in [0, 0.1) is 23.2 Å². The summed E-state index contributed by atoms with van der Waals surface area (Å²) in [4.78, 5) is 23.5. The van der Waals surface area contributed by atoms with Crippen molar-refractivity contribution >= 4 is 11.8 Å². The molecule has 0 aromatic heterocycles. The van der Waals surface area contributed by atoms with E-state index in [0.717, 1.165) is 30.7 Å².